The molecule has 3 N–H and O–H groups in total. The van der Waals surface area contributed by atoms with Crippen molar-refractivity contribution in [3.63, 3.8) is 0 Å². The van der Waals surface area contributed by atoms with E-state index in [1.807, 2.05) is 0 Å². The fourth-order valence-corrected chi connectivity index (χ4v) is 4.01. The smallest absolute Gasteiger partial charge is 0.428 e. The molecule has 0 aliphatic rings. The van der Waals surface area contributed by atoms with Crippen LogP contribution in [0.4, 0.5) is 39.9 Å². The Morgan fingerprint density at radius 1 is 0.875 bits per heavy atom. The minimum atomic E-state index is -4.84. The Bertz CT molecular complexity index is 1260. The molecule has 216 valence electrons. The Morgan fingerprint density at radius 3 is 2.12 bits per heavy atom. The first-order chi connectivity index (χ1) is 18.7. The van der Waals surface area contributed by atoms with Crippen LogP contribution in [0.1, 0.15) is 23.1 Å². The van der Waals surface area contributed by atoms with E-state index in [2.05, 4.69) is 15.4 Å². The van der Waals surface area contributed by atoms with Crippen LogP contribution in [0.25, 0.3) is 0 Å². The summed E-state index contributed by atoms with van der Waals surface area (Å²) in [4.78, 5) is 13.0. The van der Waals surface area contributed by atoms with Gasteiger partial charge in [-0.15, -0.1) is 0 Å². The van der Waals surface area contributed by atoms with Crippen LogP contribution in [0.5, 0.6) is 5.75 Å². The largest absolute Gasteiger partial charge is 0.461 e. The van der Waals surface area contributed by atoms with E-state index in [0.29, 0.717) is 5.56 Å². The Hall–Kier alpha value is -3.87. The summed E-state index contributed by atoms with van der Waals surface area (Å²) in [5.41, 5.74) is -0.889. The third-order valence-electron chi connectivity index (χ3n) is 5.78. The third kappa shape index (κ3) is 8.31. The molecule has 40 heavy (non-hydrogen) atoms. The molecule has 0 saturated carbocycles. The summed E-state index contributed by atoms with van der Waals surface area (Å²) in [5.74, 6) is -1.32. The van der Waals surface area contributed by atoms with Crippen LogP contribution in [0.3, 0.4) is 0 Å². The molecule has 0 aliphatic carbocycles. The number of hydrogen-bond donors (Lipinski definition) is 3. The Labute approximate surface area is 223 Å². The van der Waals surface area contributed by atoms with Gasteiger partial charge in [-0.3, -0.25) is 0 Å². The SMILES string of the molecule is O=C(NC[C@@H](O)CC(F)(F)F)N[C@](Cc1ccccc1)(c1ccc(F)cc1)c1cccc(OC(F)(F)C(F)F)c1. The number of amides is 2. The molecule has 0 saturated heterocycles. The van der Waals surface area contributed by atoms with Crippen molar-refractivity contribution >= 4 is 6.03 Å². The second-order valence-electron chi connectivity index (χ2n) is 8.88. The number of benzene rings is 3. The van der Waals surface area contributed by atoms with Gasteiger partial charge < -0.3 is 20.5 Å². The van der Waals surface area contributed by atoms with E-state index >= 15 is 0 Å². The fourth-order valence-electron chi connectivity index (χ4n) is 4.01. The summed E-state index contributed by atoms with van der Waals surface area (Å²) in [6.07, 6.45) is -17.3. The molecule has 0 heterocycles. The summed E-state index contributed by atoms with van der Waals surface area (Å²) in [6.45, 7) is -0.792. The molecule has 3 rings (SSSR count). The van der Waals surface area contributed by atoms with Gasteiger partial charge in [-0.2, -0.15) is 30.7 Å². The molecule has 0 unspecified atom stereocenters. The quantitative estimate of drug-likeness (QED) is 0.240. The maximum atomic E-state index is 13.8. The van der Waals surface area contributed by atoms with Crippen molar-refractivity contribution in [2.24, 2.45) is 0 Å². The van der Waals surface area contributed by atoms with E-state index in [9.17, 15) is 45.0 Å². The lowest BCUT2D eigenvalue weighted by Gasteiger charge is -2.37. The average Bonchev–Trinajstić information content (AvgIpc) is 2.87. The number of urea groups is 1. The van der Waals surface area contributed by atoms with Crippen LogP contribution < -0.4 is 15.4 Å². The highest BCUT2D eigenvalue weighted by Crippen LogP contribution is 2.37. The molecule has 2 atom stereocenters. The molecule has 0 aromatic heterocycles. The highest BCUT2D eigenvalue weighted by molar-refractivity contribution is 5.76. The van der Waals surface area contributed by atoms with Crippen molar-refractivity contribution in [3.05, 3.63) is 101 Å². The zero-order valence-corrected chi connectivity index (χ0v) is 20.6. The topological polar surface area (TPSA) is 70.6 Å². The van der Waals surface area contributed by atoms with Crippen LogP contribution >= 0.6 is 0 Å². The number of aliphatic hydroxyl groups is 1. The van der Waals surface area contributed by atoms with Crippen LogP contribution in [0.15, 0.2) is 78.9 Å². The lowest BCUT2D eigenvalue weighted by atomic mass is 9.78. The van der Waals surface area contributed by atoms with E-state index < -0.39 is 60.9 Å². The molecular weight excluding hydrogens is 552 g/mol. The molecule has 0 radical (unpaired) electrons. The Morgan fingerprint density at radius 2 is 1.52 bits per heavy atom. The monoisotopic (exact) mass is 576 g/mol. The van der Waals surface area contributed by atoms with Crippen LogP contribution in [0.2, 0.25) is 0 Å². The summed E-state index contributed by atoms with van der Waals surface area (Å²) < 4.78 is 109. The normalized spacial score (nSPS) is 14.3. The van der Waals surface area contributed by atoms with Crippen LogP contribution in [-0.4, -0.2) is 42.5 Å². The molecule has 5 nitrogen and oxygen atoms in total. The van der Waals surface area contributed by atoms with Gasteiger partial charge in [0.2, 0.25) is 0 Å². The molecule has 0 aliphatic heterocycles. The number of alkyl halides is 7. The van der Waals surface area contributed by atoms with Crippen molar-refractivity contribution in [3.8, 4) is 5.75 Å². The van der Waals surface area contributed by atoms with Gasteiger partial charge in [0.05, 0.1) is 18.1 Å². The fraction of sp³-hybridized carbons (Fsp3) is 0.296. The minimum absolute atomic E-state index is 0.0384. The van der Waals surface area contributed by atoms with E-state index in [0.717, 1.165) is 24.3 Å². The van der Waals surface area contributed by atoms with Gasteiger partial charge in [0, 0.05) is 13.0 Å². The molecule has 13 heteroatoms. The van der Waals surface area contributed by atoms with E-state index in [1.165, 1.54) is 24.3 Å². The minimum Gasteiger partial charge on any atom is -0.428 e. The first-order valence-electron chi connectivity index (χ1n) is 11.8. The number of carbonyl (C=O) groups is 1. The Kier molecular flexibility index (Phi) is 9.61. The summed E-state index contributed by atoms with van der Waals surface area (Å²) in [7, 11) is 0. The van der Waals surface area contributed by atoms with Crippen molar-refractivity contribution in [1.29, 1.82) is 0 Å². The number of carbonyl (C=O) groups excluding carboxylic acids is 1. The number of nitrogens with one attached hydrogen (secondary N) is 2. The van der Waals surface area contributed by atoms with Crippen molar-refractivity contribution < 1.29 is 49.8 Å². The maximum Gasteiger partial charge on any atom is 0.461 e. The first kappa shape index (κ1) is 30.7. The zero-order valence-electron chi connectivity index (χ0n) is 20.6. The van der Waals surface area contributed by atoms with E-state index in [4.69, 9.17) is 0 Å². The van der Waals surface area contributed by atoms with Gasteiger partial charge in [0.15, 0.2) is 0 Å². The highest BCUT2D eigenvalue weighted by atomic mass is 19.4. The van der Waals surface area contributed by atoms with Crippen LogP contribution in [0, 0.1) is 5.82 Å². The van der Waals surface area contributed by atoms with E-state index in [1.54, 1.807) is 30.3 Å². The molecule has 0 bridgehead atoms. The molecule has 3 aromatic rings. The average molecular weight is 576 g/mol. The molecule has 3 aromatic carbocycles. The number of hydrogen-bond acceptors (Lipinski definition) is 3. The highest BCUT2D eigenvalue weighted by Gasteiger charge is 2.44. The number of aliphatic hydroxyl groups excluding tert-OH is 1. The van der Waals surface area contributed by atoms with Gasteiger partial charge in [-0.1, -0.05) is 54.6 Å². The second kappa shape index (κ2) is 12.5. The lowest BCUT2D eigenvalue weighted by molar-refractivity contribution is -0.253. The predicted molar refractivity (Wildman–Crippen MR) is 129 cm³/mol. The zero-order chi connectivity index (χ0) is 29.6. The second-order valence-corrected chi connectivity index (χ2v) is 8.88. The van der Waals surface area contributed by atoms with Gasteiger partial charge in [-0.05, 0) is 41.0 Å². The molecule has 0 spiro atoms. The van der Waals surface area contributed by atoms with Crippen molar-refractivity contribution in [2.45, 2.75) is 43.2 Å². The van der Waals surface area contributed by atoms with E-state index in [-0.39, 0.29) is 17.5 Å². The number of ether oxygens (including phenoxy) is 1. The standard InChI is InChI=1S/C27H24F8N2O3/c28-20-11-9-18(10-12-20)25(14-17-5-2-1-3-6-17,37-24(39)36-16-21(38)15-26(31,32)33)19-7-4-8-22(13-19)40-27(34,35)23(29)30/h1-13,21,23,38H,14-16H2,(H2,36,37,39)/t21-,25+/m0/s1. The van der Waals surface area contributed by atoms with Crippen molar-refractivity contribution in [1.82, 2.24) is 10.6 Å². The van der Waals surface area contributed by atoms with Gasteiger partial charge in [0.1, 0.15) is 11.6 Å². The van der Waals surface area contributed by atoms with Gasteiger partial charge in [0.25, 0.3) is 0 Å². The lowest BCUT2D eigenvalue weighted by Crippen LogP contribution is -2.53. The number of halogens is 8. The van der Waals surface area contributed by atoms with Crippen molar-refractivity contribution in [2.75, 3.05) is 6.54 Å². The summed E-state index contributed by atoms with van der Waals surface area (Å²) in [5, 5.41) is 14.4. The van der Waals surface area contributed by atoms with Gasteiger partial charge in [-0.25, -0.2) is 9.18 Å². The van der Waals surface area contributed by atoms with Crippen LogP contribution in [-0.2, 0) is 12.0 Å². The molecule has 0 fully saturated rings. The first-order valence-corrected chi connectivity index (χ1v) is 11.8. The maximum absolute atomic E-state index is 13.8. The summed E-state index contributed by atoms with van der Waals surface area (Å²) >= 11 is 0. The Balaban J connectivity index is 2.08. The summed E-state index contributed by atoms with van der Waals surface area (Å²) in [6, 6.07) is 16.6. The van der Waals surface area contributed by atoms with Gasteiger partial charge >= 0.3 is 24.7 Å². The molecular formula is C27H24F8N2O3. The molecule has 2 amide bonds. The number of rotatable bonds is 11. The predicted octanol–water partition coefficient (Wildman–Crippen LogP) is 6.16. The third-order valence-corrected chi connectivity index (χ3v) is 5.78.